The second kappa shape index (κ2) is 11.9. The fourth-order valence-electron chi connectivity index (χ4n) is 7.72. The van der Waals surface area contributed by atoms with Gasteiger partial charge in [0.2, 0.25) is 5.91 Å². The van der Waals surface area contributed by atoms with E-state index in [4.69, 9.17) is 16.3 Å². The number of rotatable bonds is 6. The Kier molecular flexibility index (Phi) is 8.49. The topological polar surface area (TPSA) is 83.9 Å². The molecule has 1 amide bonds. The highest BCUT2D eigenvalue weighted by Crippen LogP contribution is 2.56. The van der Waals surface area contributed by atoms with Crippen LogP contribution in [0.4, 0.5) is 0 Å². The average Bonchev–Trinajstić information content (AvgIpc) is 3.54. The molecule has 4 fully saturated rings. The zero-order valence-electron chi connectivity index (χ0n) is 23.4. The van der Waals surface area contributed by atoms with Crippen LogP contribution in [0.1, 0.15) is 44.1 Å². The molecule has 0 radical (unpaired) electrons. The number of carbonyl (C=O) groups excluding carboxylic acids is 1. The van der Waals surface area contributed by atoms with Gasteiger partial charge in [0.25, 0.3) is 0 Å². The number of hydrogen-bond donors (Lipinski definition) is 2. The minimum absolute atomic E-state index is 0.0889. The summed E-state index contributed by atoms with van der Waals surface area (Å²) in [6, 6.07) is 9.24. The summed E-state index contributed by atoms with van der Waals surface area (Å²) in [5.41, 5.74) is 1.38. The second-order valence-electron chi connectivity index (χ2n) is 12.2. The number of carbonyl (C=O) groups is 1. The Morgan fingerprint density at radius 1 is 1.30 bits per heavy atom. The predicted molar refractivity (Wildman–Crippen MR) is 158 cm³/mol. The van der Waals surface area contributed by atoms with Crippen molar-refractivity contribution in [1.29, 1.82) is 5.26 Å². The van der Waals surface area contributed by atoms with Crippen molar-refractivity contribution in [2.45, 2.75) is 85.2 Å². The molecule has 1 spiro atoms. The molecule has 0 bridgehead atoms. The van der Waals surface area contributed by atoms with Crippen molar-refractivity contribution in [1.82, 2.24) is 25.3 Å². The number of halogens is 1. The number of ether oxygens (including phenoxy) is 1. The second-order valence-corrected chi connectivity index (χ2v) is 14.1. The van der Waals surface area contributed by atoms with Crippen LogP contribution in [0.15, 0.2) is 35.7 Å². The van der Waals surface area contributed by atoms with Crippen molar-refractivity contribution in [3.05, 3.63) is 41.4 Å². The summed E-state index contributed by atoms with van der Waals surface area (Å²) in [7, 11) is 2.19. The summed E-state index contributed by atoms with van der Waals surface area (Å²) in [6.45, 7) is 7.55. The van der Waals surface area contributed by atoms with E-state index < -0.39 is 0 Å². The SMILES string of the molecule is C=CC(=O)N1CCN(C2NC(OCC3CCCN3C)NC3C[C@]4(CCC32)Cc2cccc(Cl)c2S4)CC1CC#N. The van der Waals surface area contributed by atoms with Crippen LogP contribution < -0.4 is 10.6 Å². The summed E-state index contributed by atoms with van der Waals surface area (Å²) in [5, 5.41) is 18.1. The minimum Gasteiger partial charge on any atom is -0.348 e. The maximum absolute atomic E-state index is 12.5. The van der Waals surface area contributed by atoms with Gasteiger partial charge in [0.1, 0.15) is 0 Å². The van der Waals surface area contributed by atoms with Crippen LogP contribution >= 0.6 is 23.4 Å². The Morgan fingerprint density at radius 2 is 2.17 bits per heavy atom. The van der Waals surface area contributed by atoms with Gasteiger partial charge in [-0.25, -0.2) is 0 Å². The average molecular weight is 585 g/mol. The molecule has 4 aliphatic heterocycles. The van der Waals surface area contributed by atoms with Crippen molar-refractivity contribution in [3.8, 4) is 6.07 Å². The molecule has 0 aromatic heterocycles. The number of fused-ring (bicyclic) bond motifs is 2. The molecule has 6 rings (SSSR count). The van der Waals surface area contributed by atoms with Crippen LogP contribution in [0, 0.1) is 17.2 Å². The molecule has 40 heavy (non-hydrogen) atoms. The first-order valence-corrected chi connectivity index (χ1v) is 15.9. The van der Waals surface area contributed by atoms with Crippen molar-refractivity contribution in [2.75, 3.05) is 39.8 Å². The van der Waals surface area contributed by atoms with E-state index in [0.717, 1.165) is 43.8 Å². The maximum Gasteiger partial charge on any atom is 0.246 e. The van der Waals surface area contributed by atoms with Crippen LogP contribution in [0.3, 0.4) is 0 Å². The van der Waals surface area contributed by atoms with Gasteiger partial charge in [0.15, 0.2) is 6.35 Å². The van der Waals surface area contributed by atoms with Crippen LogP contribution in [0.5, 0.6) is 0 Å². The van der Waals surface area contributed by atoms with Gasteiger partial charge in [-0.2, -0.15) is 5.26 Å². The van der Waals surface area contributed by atoms with Crippen LogP contribution in [-0.2, 0) is 16.0 Å². The van der Waals surface area contributed by atoms with E-state index in [0.29, 0.717) is 44.1 Å². The van der Waals surface area contributed by atoms with Crippen molar-refractivity contribution in [3.63, 3.8) is 0 Å². The zero-order valence-corrected chi connectivity index (χ0v) is 24.9. The summed E-state index contributed by atoms with van der Waals surface area (Å²) >= 11 is 8.61. The van der Waals surface area contributed by atoms with E-state index in [2.05, 4.69) is 52.3 Å². The van der Waals surface area contributed by atoms with E-state index in [1.807, 2.05) is 22.7 Å². The number of thioether (sulfide) groups is 1. The van der Waals surface area contributed by atoms with Crippen molar-refractivity contribution >= 4 is 29.3 Å². The highest BCUT2D eigenvalue weighted by molar-refractivity contribution is 8.01. The number of nitrogens with one attached hydrogen (secondary N) is 2. The van der Waals surface area contributed by atoms with Gasteiger partial charge in [-0.1, -0.05) is 30.3 Å². The summed E-state index contributed by atoms with van der Waals surface area (Å²) in [5.74, 6) is 0.317. The lowest BCUT2D eigenvalue weighted by molar-refractivity contribution is -0.135. The fourth-order valence-corrected chi connectivity index (χ4v) is 9.61. The molecule has 1 aromatic rings. The number of hydrogen-bond acceptors (Lipinski definition) is 8. The molecule has 10 heteroatoms. The van der Waals surface area contributed by atoms with Crippen molar-refractivity contribution < 1.29 is 9.53 Å². The number of likely N-dealkylation sites (N-methyl/N-ethyl adjacent to an activating group) is 1. The van der Waals surface area contributed by atoms with E-state index in [9.17, 15) is 10.1 Å². The Labute approximate surface area is 247 Å². The molecule has 8 nitrogen and oxygen atoms in total. The number of nitriles is 1. The molecule has 3 saturated heterocycles. The number of likely N-dealkylation sites (tertiary alicyclic amines) is 1. The van der Waals surface area contributed by atoms with Gasteiger partial charge in [-0.15, -0.1) is 11.8 Å². The first-order valence-electron chi connectivity index (χ1n) is 14.7. The molecule has 216 valence electrons. The number of benzene rings is 1. The fraction of sp³-hybridized carbons (Fsp3) is 0.667. The normalized spacial score (nSPS) is 36.3. The molecule has 1 aromatic carbocycles. The van der Waals surface area contributed by atoms with Crippen molar-refractivity contribution in [2.24, 2.45) is 5.92 Å². The van der Waals surface area contributed by atoms with E-state index in [1.54, 1.807) is 0 Å². The first-order chi connectivity index (χ1) is 19.4. The predicted octanol–water partition coefficient (Wildman–Crippen LogP) is 3.42. The maximum atomic E-state index is 12.5. The quantitative estimate of drug-likeness (QED) is 0.492. The molecule has 7 atom stereocenters. The number of amides is 1. The molecular formula is C30H41ClN6O2S. The van der Waals surface area contributed by atoms with E-state index in [1.165, 1.54) is 29.4 Å². The summed E-state index contributed by atoms with van der Waals surface area (Å²) in [6.07, 6.45) is 8.32. The van der Waals surface area contributed by atoms with Gasteiger partial charge >= 0.3 is 0 Å². The van der Waals surface area contributed by atoms with Gasteiger partial charge in [-0.3, -0.25) is 20.3 Å². The monoisotopic (exact) mass is 584 g/mol. The molecule has 6 unspecified atom stereocenters. The van der Waals surface area contributed by atoms with Gasteiger partial charge in [0.05, 0.1) is 36.3 Å². The number of nitrogens with zero attached hydrogens (tertiary/aromatic N) is 4. The first kappa shape index (κ1) is 28.5. The Morgan fingerprint density at radius 3 is 2.92 bits per heavy atom. The third-order valence-corrected chi connectivity index (χ3v) is 11.9. The van der Waals surface area contributed by atoms with E-state index >= 15 is 0 Å². The lowest BCUT2D eigenvalue weighted by Crippen LogP contribution is -2.72. The van der Waals surface area contributed by atoms with Crippen LogP contribution in [-0.4, -0.2) is 95.8 Å². The molecule has 1 aliphatic carbocycles. The Hall–Kier alpha value is -1.64. The van der Waals surface area contributed by atoms with Gasteiger partial charge in [-0.05, 0) is 69.8 Å². The third-order valence-electron chi connectivity index (χ3n) is 9.83. The highest BCUT2D eigenvalue weighted by atomic mass is 35.5. The highest BCUT2D eigenvalue weighted by Gasteiger charge is 2.51. The van der Waals surface area contributed by atoms with E-state index in [-0.39, 0.29) is 29.2 Å². The summed E-state index contributed by atoms with van der Waals surface area (Å²) < 4.78 is 6.69. The third kappa shape index (κ3) is 5.57. The molecule has 4 heterocycles. The van der Waals surface area contributed by atoms with Crippen LogP contribution in [0.2, 0.25) is 5.02 Å². The Bertz CT molecular complexity index is 1160. The molecular weight excluding hydrogens is 544 g/mol. The lowest BCUT2D eigenvalue weighted by atomic mass is 9.73. The molecule has 2 N–H and O–H groups in total. The minimum atomic E-state index is -0.241. The smallest absolute Gasteiger partial charge is 0.246 e. The zero-order chi connectivity index (χ0) is 27.9. The largest absolute Gasteiger partial charge is 0.348 e. The van der Waals surface area contributed by atoms with Gasteiger partial charge in [0, 0.05) is 47.3 Å². The molecule has 1 saturated carbocycles. The van der Waals surface area contributed by atoms with Crippen LogP contribution in [0.25, 0.3) is 0 Å². The molecule has 5 aliphatic rings. The number of piperazine rings is 1. The lowest BCUT2D eigenvalue weighted by Gasteiger charge is -2.55. The summed E-state index contributed by atoms with van der Waals surface area (Å²) in [4.78, 5) is 20.5. The van der Waals surface area contributed by atoms with Gasteiger partial charge < -0.3 is 14.5 Å². The standard InChI is InChI=1S/C30H41ClN6O2S/c1-3-26(38)37-15-14-36(18-21(37)10-12-32)28-23-9-11-30(16-20-6-4-8-24(31)27(20)40-30)17-25(23)33-29(34-28)39-19-22-7-5-13-35(22)2/h3-4,6,8,21-23,25,28-29,33-34H,1,5,7,9-11,13-19H2,2H3/t21?,22?,23?,25?,28?,29?,30-/m0/s1. The Balaban J connectivity index is 1.21.